The van der Waals surface area contributed by atoms with Crippen LogP contribution in [0.4, 0.5) is 0 Å². The summed E-state index contributed by atoms with van der Waals surface area (Å²) < 4.78 is 0. The van der Waals surface area contributed by atoms with Crippen molar-refractivity contribution in [3.8, 4) is 0 Å². The maximum atomic E-state index is 11.8. The van der Waals surface area contributed by atoms with Crippen LogP contribution >= 0.6 is 22.7 Å². The number of nitrogens with two attached hydrogens (primary N) is 1. The van der Waals surface area contributed by atoms with Crippen molar-refractivity contribution >= 4 is 28.6 Å². The van der Waals surface area contributed by atoms with Gasteiger partial charge in [-0.25, -0.2) is 0 Å². The molecule has 0 radical (unpaired) electrons. The minimum absolute atomic E-state index is 0.00759. The zero-order valence-corrected chi connectivity index (χ0v) is 11.0. The highest BCUT2D eigenvalue weighted by atomic mass is 32.1. The average Bonchev–Trinajstić information content (AvgIpc) is 3.00. The van der Waals surface area contributed by atoms with Gasteiger partial charge in [-0.05, 0) is 22.9 Å². The Bertz CT molecular complexity index is 415. The summed E-state index contributed by atoms with van der Waals surface area (Å²) in [6.07, 6.45) is 0. The third kappa shape index (κ3) is 3.39. The number of nitrogens with zero attached hydrogens (tertiary/aromatic N) is 1. The molecule has 0 spiro atoms. The number of amides is 1. The summed E-state index contributed by atoms with van der Waals surface area (Å²) in [6, 6.07) is 8.07. The summed E-state index contributed by atoms with van der Waals surface area (Å²) in [6.45, 7) is 1.36. The van der Waals surface area contributed by atoms with Crippen molar-refractivity contribution in [3.63, 3.8) is 0 Å². The Morgan fingerprint density at radius 3 is 2.00 bits per heavy atom. The molecule has 17 heavy (non-hydrogen) atoms. The molecule has 90 valence electrons. The first-order chi connectivity index (χ1) is 8.29. The van der Waals surface area contributed by atoms with Crippen LogP contribution in [0.1, 0.15) is 9.75 Å². The third-order valence-electron chi connectivity index (χ3n) is 2.38. The van der Waals surface area contributed by atoms with Gasteiger partial charge >= 0.3 is 0 Å². The van der Waals surface area contributed by atoms with Gasteiger partial charge in [0.1, 0.15) is 0 Å². The second-order valence-electron chi connectivity index (χ2n) is 3.61. The van der Waals surface area contributed by atoms with Crippen LogP contribution in [-0.2, 0) is 17.9 Å². The van der Waals surface area contributed by atoms with Gasteiger partial charge in [-0.2, -0.15) is 0 Å². The molecule has 2 rings (SSSR count). The minimum Gasteiger partial charge on any atom is -0.331 e. The summed E-state index contributed by atoms with van der Waals surface area (Å²) in [7, 11) is 0. The third-order valence-corrected chi connectivity index (χ3v) is 4.10. The maximum Gasteiger partial charge on any atom is 0.236 e. The molecule has 0 saturated carbocycles. The van der Waals surface area contributed by atoms with Gasteiger partial charge in [0.05, 0.1) is 19.6 Å². The SMILES string of the molecule is NCC(=O)N(Cc1cccs1)Cc1cccs1. The average molecular weight is 266 g/mol. The zero-order valence-electron chi connectivity index (χ0n) is 9.33. The Labute approximate surface area is 108 Å². The fraction of sp³-hybridized carbons (Fsp3) is 0.250. The first-order valence-electron chi connectivity index (χ1n) is 5.32. The number of hydrogen-bond acceptors (Lipinski definition) is 4. The van der Waals surface area contributed by atoms with Crippen LogP contribution in [-0.4, -0.2) is 17.4 Å². The smallest absolute Gasteiger partial charge is 0.236 e. The highest BCUT2D eigenvalue weighted by Crippen LogP contribution is 2.16. The Morgan fingerprint density at radius 1 is 1.12 bits per heavy atom. The molecule has 2 aromatic heterocycles. The fourth-order valence-electron chi connectivity index (χ4n) is 1.54. The van der Waals surface area contributed by atoms with E-state index in [1.807, 2.05) is 35.0 Å². The standard InChI is InChI=1S/C12H14N2OS2/c13-7-12(15)14(8-10-3-1-5-16-10)9-11-4-2-6-17-11/h1-6H,7-9,13H2. The van der Waals surface area contributed by atoms with Crippen molar-refractivity contribution in [1.29, 1.82) is 0 Å². The molecule has 2 N–H and O–H groups in total. The summed E-state index contributed by atoms with van der Waals surface area (Å²) in [4.78, 5) is 15.9. The Balaban J connectivity index is 2.05. The van der Waals surface area contributed by atoms with E-state index in [0.717, 1.165) is 0 Å². The summed E-state index contributed by atoms with van der Waals surface area (Å²) in [5, 5.41) is 4.04. The van der Waals surface area contributed by atoms with Gasteiger partial charge in [0, 0.05) is 9.75 Å². The number of carbonyl (C=O) groups is 1. The van der Waals surface area contributed by atoms with E-state index in [-0.39, 0.29) is 12.5 Å². The van der Waals surface area contributed by atoms with Crippen molar-refractivity contribution in [2.75, 3.05) is 6.54 Å². The van der Waals surface area contributed by atoms with E-state index in [9.17, 15) is 4.79 Å². The van der Waals surface area contributed by atoms with Crippen LogP contribution in [0.3, 0.4) is 0 Å². The molecule has 0 saturated heterocycles. The van der Waals surface area contributed by atoms with Crippen molar-refractivity contribution in [2.45, 2.75) is 13.1 Å². The number of rotatable bonds is 5. The predicted octanol–water partition coefficient (Wildman–Crippen LogP) is 2.30. The van der Waals surface area contributed by atoms with E-state index in [1.54, 1.807) is 27.6 Å². The first-order valence-corrected chi connectivity index (χ1v) is 7.08. The lowest BCUT2D eigenvalue weighted by Crippen LogP contribution is -2.34. The molecule has 0 aliphatic heterocycles. The molecule has 0 aliphatic rings. The van der Waals surface area contributed by atoms with E-state index < -0.39 is 0 Å². The van der Waals surface area contributed by atoms with Crippen LogP contribution in [0.2, 0.25) is 0 Å². The lowest BCUT2D eigenvalue weighted by Gasteiger charge is -2.20. The van der Waals surface area contributed by atoms with Gasteiger partial charge < -0.3 is 10.6 Å². The van der Waals surface area contributed by atoms with Gasteiger partial charge in [0.15, 0.2) is 0 Å². The molecule has 0 bridgehead atoms. The van der Waals surface area contributed by atoms with Crippen molar-refractivity contribution in [3.05, 3.63) is 44.8 Å². The van der Waals surface area contributed by atoms with Gasteiger partial charge in [-0.3, -0.25) is 4.79 Å². The molecule has 5 heteroatoms. The van der Waals surface area contributed by atoms with Crippen molar-refractivity contribution in [2.24, 2.45) is 5.73 Å². The molecule has 0 fully saturated rings. The van der Waals surface area contributed by atoms with Gasteiger partial charge in [0.2, 0.25) is 5.91 Å². The van der Waals surface area contributed by atoms with Crippen LogP contribution < -0.4 is 5.73 Å². The second kappa shape index (κ2) is 5.95. The summed E-state index contributed by atoms with van der Waals surface area (Å²) in [5.41, 5.74) is 5.45. The largest absolute Gasteiger partial charge is 0.331 e. The van der Waals surface area contributed by atoms with E-state index in [0.29, 0.717) is 13.1 Å². The normalized spacial score (nSPS) is 10.4. The monoisotopic (exact) mass is 266 g/mol. The predicted molar refractivity (Wildman–Crippen MR) is 71.9 cm³/mol. The number of hydrogen-bond donors (Lipinski definition) is 1. The van der Waals surface area contributed by atoms with Crippen molar-refractivity contribution < 1.29 is 4.79 Å². The Hall–Kier alpha value is -1.17. The Morgan fingerprint density at radius 2 is 1.65 bits per heavy atom. The Kier molecular flexibility index (Phi) is 4.30. The van der Waals surface area contributed by atoms with Gasteiger partial charge in [0.25, 0.3) is 0 Å². The summed E-state index contributed by atoms with van der Waals surface area (Å²) in [5.74, 6) is -0.00759. The van der Waals surface area contributed by atoms with E-state index in [1.165, 1.54) is 9.75 Å². The molecule has 2 aromatic rings. The maximum absolute atomic E-state index is 11.8. The first kappa shape index (κ1) is 12.3. The van der Waals surface area contributed by atoms with E-state index in [2.05, 4.69) is 0 Å². The minimum atomic E-state index is -0.00759. The quantitative estimate of drug-likeness (QED) is 0.902. The molecule has 2 heterocycles. The molecule has 0 unspecified atom stereocenters. The van der Waals surface area contributed by atoms with Crippen LogP contribution in [0.5, 0.6) is 0 Å². The van der Waals surface area contributed by atoms with Crippen molar-refractivity contribution in [1.82, 2.24) is 4.90 Å². The number of carbonyl (C=O) groups excluding carboxylic acids is 1. The molecule has 0 atom stereocenters. The molecule has 0 aromatic carbocycles. The molecular weight excluding hydrogens is 252 g/mol. The van der Waals surface area contributed by atoms with Gasteiger partial charge in [-0.15, -0.1) is 22.7 Å². The van der Waals surface area contributed by atoms with Crippen LogP contribution in [0, 0.1) is 0 Å². The second-order valence-corrected chi connectivity index (χ2v) is 5.68. The zero-order chi connectivity index (χ0) is 12.1. The highest BCUT2D eigenvalue weighted by Gasteiger charge is 2.13. The lowest BCUT2D eigenvalue weighted by molar-refractivity contribution is -0.130. The molecule has 0 aliphatic carbocycles. The lowest BCUT2D eigenvalue weighted by atomic mass is 10.3. The summed E-state index contributed by atoms with van der Waals surface area (Å²) >= 11 is 3.32. The van der Waals surface area contributed by atoms with Crippen LogP contribution in [0.15, 0.2) is 35.0 Å². The topological polar surface area (TPSA) is 46.3 Å². The molecule has 3 nitrogen and oxygen atoms in total. The van der Waals surface area contributed by atoms with E-state index >= 15 is 0 Å². The molecular formula is C12H14N2OS2. The van der Waals surface area contributed by atoms with Gasteiger partial charge in [-0.1, -0.05) is 12.1 Å². The number of thiophene rings is 2. The highest BCUT2D eigenvalue weighted by molar-refractivity contribution is 7.10. The fourth-order valence-corrected chi connectivity index (χ4v) is 2.98. The van der Waals surface area contributed by atoms with Crippen LogP contribution in [0.25, 0.3) is 0 Å². The van der Waals surface area contributed by atoms with E-state index in [4.69, 9.17) is 5.73 Å². The molecule has 1 amide bonds.